The van der Waals surface area contributed by atoms with Crippen molar-refractivity contribution in [1.29, 1.82) is 0 Å². The molecule has 4 N–H and O–H groups in total. The quantitative estimate of drug-likeness (QED) is 0.582. The number of quaternary nitrogens is 1. The maximum Gasteiger partial charge on any atom is 0.237 e. The summed E-state index contributed by atoms with van der Waals surface area (Å²) in [5.74, 6) is -4.39. The highest BCUT2D eigenvalue weighted by molar-refractivity contribution is 6.12. The number of benzene rings is 2. The minimum atomic E-state index is -1.01. The van der Waals surface area contributed by atoms with E-state index in [0.717, 1.165) is 11.1 Å². The Bertz CT molecular complexity index is 970. The van der Waals surface area contributed by atoms with Gasteiger partial charge in [0.1, 0.15) is 34.7 Å². The topological polar surface area (TPSA) is 109 Å². The molecule has 6 rings (SSSR count). The molecule has 7 nitrogen and oxygen atoms in total. The number of amides is 4. The van der Waals surface area contributed by atoms with Gasteiger partial charge in [0.15, 0.2) is 0 Å². The Labute approximate surface area is 165 Å². The summed E-state index contributed by atoms with van der Waals surface area (Å²) in [4.78, 5) is 52.1. The number of carbonyl (C=O) groups is 4. The summed E-state index contributed by atoms with van der Waals surface area (Å²) in [6.07, 6.45) is 0. The summed E-state index contributed by atoms with van der Waals surface area (Å²) < 4.78 is 0. The predicted octanol–water partition coefficient (Wildman–Crippen LogP) is -0.854. The lowest BCUT2D eigenvalue weighted by molar-refractivity contribution is -0.771. The van der Waals surface area contributed by atoms with Crippen LogP contribution in [0.1, 0.15) is 11.1 Å². The van der Waals surface area contributed by atoms with Crippen molar-refractivity contribution in [2.75, 3.05) is 0 Å². The zero-order chi connectivity index (χ0) is 20.0. The Morgan fingerprint density at radius 1 is 0.552 bits per heavy atom. The van der Waals surface area contributed by atoms with Gasteiger partial charge in [-0.2, -0.15) is 0 Å². The first kappa shape index (κ1) is 16.6. The van der Waals surface area contributed by atoms with Gasteiger partial charge in [-0.1, -0.05) is 60.7 Å². The molecule has 6 atom stereocenters. The van der Waals surface area contributed by atoms with Crippen molar-refractivity contribution in [3.05, 3.63) is 71.8 Å². The first-order valence-electron chi connectivity index (χ1n) is 9.69. The fraction of sp³-hybridized carbons (Fsp3) is 0.273. The van der Waals surface area contributed by atoms with E-state index in [-0.39, 0.29) is 23.6 Å². The highest BCUT2D eigenvalue weighted by Crippen LogP contribution is 2.63. The molecule has 4 heterocycles. The summed E-state index contributed by atoms with van der Waals surface area (Å²) in [7, 11) is 0. The lowest BCUT2D eigenvalue weighted by atomic mass is 9.55. The zero-order valence-electron chi connectivity index (χ0n) is 15.3. The van der Waals surface area contributed by atoms with Crippen LogP contribution in [0, 0.1) is 23.7 Å². The van der Waals surface area contributed by atoms with Crippen LogP contribution < -0.4 is 16.0 Å². The van der Waals surface area contributed by atoms with Gasteiger partial charge >= 0.3 is 0 Å². The number of nitrogens with two attached hydrogens (primary N) is 1. The number of fused-ring (bicyclic) bond motifs is 8. The molecule has 4 amide bonds. The third-order valence-corrected chi connectivity index (χ3v) is 7.37. The molecule has 4 saturated heterocycles. The van der Waals surface area contributed by atoms with Crippen LogP contribution in [0.3, 0.4) is 0 Å². The van der Waals surface area contributed by atoms with E-state index in [2.05, 4.69) is 10.6 Å². The maximum absolute atomic E-state index is 13.0. The van der Waals surface area contributed by atoms with Crippen LogP contribution in [-0.4, -0.2) is 23.6 Å². The zero-order valence-corrected chi connectivity index (χ0v) is 15.3. The predicted molar refractivity (Wildman–Crippen MR) is 98.4 cm³/mol. The second kappa shape index (κ2) is 5.18. The van der Waals surface area contributed by atoms with Crippen molar-refractivity contribution in [1.82, 2.24) is 10.6 Å². The second-order valence-corrected chi connectivity index (χ2v) is 8.36. The first-order valence-corrected chi connectivity index (χ1v) is 9.69. The average molecular weight is 388 g/mol. The monoisotopic (exact) mass is 388 g/mol. The van der Waals surface area contributed by atoms with E-state index in [9.17, 15) is 19.2 Å². The molecule has 2 bridgehead atoms. The molecule has 0 aromatic heterocycles. The van der Waals surface area contributed by atoms with Gasteiger partial charge in [0, 0.05) is 11.1 Å². The van der Waals surface area contributed by atoms with Crippen molar-refractivity contribution in [3.63, 3.8) is 0 Å². The molecule has 0 spiro atoms. The largest absolute Gasteiger partial charge is 0.326 e. The van der Waals surface area contributed by atoms with Gasteiger partial charge in [-0.3, -0.25) is 29.8 Å². The number of carbonyl (C=O) groups excluding carboxylic acids is 4. The van der Waals surface area contributed by atoms with E-state index < -0.39 is 34.7 Å². The SMILES string of the molecule is O=C1NC(=O)[C@H]2[C@@H]1C1(c3ccccc3)[NH2+]C2(c2ccccc2)[C@H]2C(=O)NC(=O)[C@@H]21. The van der Waals surface area contributed by atoms with E-state index in [1.807, 2.05) is 66.0 Å². The van der Waals surface area contributed by atoms with E-state index in [1.165, 1.54) is 0 Å². The molecule has 2 aromatic rings. The third kappa shape index (κ3) is 1.69. The maximum atomic E-state index is 13.0. The number of hydrogen-bond donors (Lipinski definition) is 3. The summed E-state index contributed by atoms with van der Waals surface area (Å²) in [6.45, 7) is 0. The molecule has 0 radical (unpaired) electrons. The summed E-state index contributed by atoms with van der Waals surface area (Å²) >= 11 is 0. The Morgan fingerprint density at radius 3 is 1.17 bits per heavy atom. The van der Waals surface area contributed by atoms with Crippen LogP contribution in [0.15, 0.2) is 60.7 Å². The van der Waals surface area contributed by atoms with Gasteiger partial charge < -0.3 is 5.32 Å². The molecule has 7 heteroatoms. The minimum absolute atomic E-state index is 0.372. The smallest absolute Gasteiger partial charge is 0.237 e. The lowest BCUT2D eigenvalue weighted by Crippen LogP contribution is -2.99. The standard InChI is InChI=1S/C22H17N3O4/c26-17-13-15(19(28)23-17)22(12-9-5-2-6-10-12)16-14(18(27)24-20(16)29)21(13,25-22)11-7-3-1-4-8-11/h1-10,13-16,25H,(H,23,26,28)(H,24,27,29)/p+1/t13-,14-,15-,16+,21?,22?/m1/s1. The summed E-state index contributed by atoms with van der Waals surface area (Å²) in [5.41, 5.74) is -0.456. The van der Waals surface area contributed by atoms with Crippen LogP contribution in [0.25, 0.3) is 0 Å². The third-order valence-electron chi connectivity index (χ3n) is 7.37. The molecule has 29 heavy (non-hydrogen) atoms. The molecule has 144 valence electrons. The van der Waals surface area contributed by atoms with Crippen LogP contribution in [-0.2, 0) is 30.3 Å². The van der Waals surface area contributed by atoms with Crippen LogP contribution in [0.5, 0.6) is 0 Å². The molecule has 2 aromatic carbocycles. The molecule has 4 aliphatic rings. The molecule has 0 aliphatic carbocycles. The van der Waals surface area contributed by atoms with Crippen molar-refractivity contribution >= 4 is 23.6 Å². The highest BCUT2D eigenvalue weighted by Gasteiger charge is 2.88. The van der Waals surface area contributed by atoms with E-state index >= 15 is 0 Å². The van der Waals surface area contributed by atoms with Gasteiger partial charge in [-0.25, -0.2) is 0 Å². The van der Waals surface area contributed by atoms with E-state index in [4.69, 9.17) is 0 Å². The normalized spacial score (nSPS) is 39.3. The van der Waals surface area contributed by atoms with Gasteiger partial charge in [0.25, 0.3) is 0 Å². The minimum Gasteiger partial charge on any atom is -0.326 e. The average Bonchev–Trinajstić information content (AvgIpc) is 3.42. The van der Waals surface area contributed by atoms with E-state index in [0.29, 0.717) is 0 Å². The van der Waals surface area contributed by atoms with Gasteiger partial charge in [0.2, 0.25) is 23.6 Å². The van der Waals surface area contributed by atoms with Gasteiger partial charge in [-0.05, 0) is 0 Å². The molecule has 4 aliphatic heterocycles. The Morgan fingerprint density at radius 2 is 0.862 bits per heavy atom. The van der Waals surface area contributed by atoms with Gasteiger partial charge in [-0.15, -0.1) is 0 Å². The second-order valence-electron chi connectivity index (χ2n) is 8.36. The highest BCUT2D eigenvalue weighted by atomic mass is 16.2. The number of nitrogens with one attached hydrogen (secondary N) is 2. The molecule has 4 fully saturated rings. The summed E-state index contributed by atoms with van der Waals surface area (Å²) in [6, 6.07) is 18.7. The number of hydrogen-bond acceptors (Lipinski definition) is 4. The molecule has 0 saturated carbocycles. The first-order chi connectivity index (χ1) is 14.0. The fourth-order valence-electron chi connectivity index (χ4n) is 6.61. The van der Waals surface area contributed by atoms with E-state index in [1.54, 1.807) is 0 Å². The summed E-state index contributed by atoms with van der Waals surface area (Å²) in [5, 5.41) is 6.96. The molecule has 2 unspecified atom stereocenters. The Kier molecular flexibility index (Phi) is 2.97. The lowest BCUT2D eigenvalue weighted by Gasteiger charge is -2.36. The van der Waals surface area contributed by atoms with Crippen molar-refractivity contribution in [2.45, 2.75) is 11.1 Å². The molecular weight excluding hydrogens is 370 g/mol. The van der Waals surface area contributed by atoms with Crippen molar-refractivity contribution in [3.8, 4) is 0 Å². The number of imide groups is 2. The van der Waals surface area contributed by atoms with Crippen LogP contribution in [0.4, 0.5) is 0 Å². The van der Waals surface area contributed by atoms with Crippen LogP contribution >= 0.6 is 0 Å². The van der Waals surface area contributed by atoms with Crippen LogP contribution in [0.2, 0.25) is 0 Å². The fourth-order valence-corrected chi connectivity index (χ4v) is 6.61. The number of rotatable bonds is 2. The molecular formula is C22H18N3O4+. The van der Waals surface area contributed by atoms with Crippen molar-refractivity contribution < 1.29 is 24.5 Å². The Hall–Kier alpha value is -3.32. The Balaban J connectivity index is 1.72. The van der Waals surface area contributed by atoms with Gasteiger partial charge in [0.05, 0.1) is 0 Å². The van der Waals surface area contributed by atoms with Crippen molar-refractivity contribution in [2.24, 2.45) is 23.7 Å².